The lowest BCUT2D eigenvalue weighted by Gasteiger charge is -2.40. The van der Waals surface area contributed by atoms with Gasteiger partial charge in [-0.2, -0.15) is 0 Å². The van der Waals surface area contributed by atoms with Crippen molar-refractivity contribution < 1.29 is 9.53 Å². The van der Waals surface area contributed by atoms with Gasteiger partial charge in [-0.25, -0.2) is 4.79 Å². The van der Waals surface area contributed by atoms with Crippen LogP contribution >= 0.6 is 0 Å². The molecule has 0 aromatic carbocycles. The number of carbonyl (C=O) groups excluding carboxylic acids is 1. The molecule has 2 rings (SSSR count). The third-order valence-electron chi connectivity index (χ3n) is 5.07. The number of hydrogen-bond donors (Lipinski definition) is 1. The number of carbonyl (C=O) groups is 1. The highest BCUT2D eigenvalue weighted by atomic mass is 16.5. The molecule has 1 saturated carbocycles. The van der Waals surface area contributed by atoms with Crippen LogP contribution < -0.4 is 5.32 Å². The minimum absolute atomic E-state index is 0.0945. The molecule has 5 heteroatoms. The summed E-state index contributed by atoms with van der Waals surface area (Å²) in [4.78, 5) is 17.0. The van der Waals surface area contributed by atoms with Crippen LogP contribution in [0, 0.1) is 11.8 Å². The lowest BCUT2D eigenvalue weighted by molar-refractivity contribution is -0.150. The fourth-order valence-corrected chi connectivity index (χ4v) is 3.70. The largest absolute Gasteiger partial charge is 0.468 e. The first-order chi connectivity index (χ1) is 10.0. The van der Waals surface area contributed by atoms with Crippen molar-refractivity contribution in [2.24, 2.45) is 11.8 Å². The topological polar surface area (TPSA) is 44.8 Å². The van der Waals surface area contributed by atoms with Crippen molar-refractivity contribution in [1.29, 1.82) is 0 Å². The number of ether oxygens (including phenoxy) is 1. The summed E-state index contributed by atoms with van der Waals surface area (Å²) in [5.74, 6) is 1.14. The smallest absolute Gasteiger partial charge is 0.327 e. The maximum absolute atomic E-state index is 12.3. The van der Waals surface area contributed by atoms with Crippen molar-refractivity contribution in [1.82, 2.24) is 15.1 Å². The van der Waals surface area contributed by atoms with Gasteiger partial charge in [-0.3, -0.25) is 0 Å². The van der Waals surface area contributed by atoms with E-state index in [1.165, 1.54) is 26.5 Å². The maximum Gasteiger partial charge on any atom is 0.327 e. The van der Waals surface area contributed by atoms with E-state index in [2.05, 4.69) is 29.2 Å². The van der Waals surface area contributed by atoms with Crippen molar-refractivity contribution in [3.63, 3.8) is 0 Å². The van der Waals surface area contributed by atoms with Crippen LogP contribution in [0.3, 0.4) is 0 Å². The average Bonchev–Trinajstić information content (AvgIpc) is 3.30. The van der Waals surface area contributed by atoms with E-state index < -0.39 is 5.54 Å². The number of methoxy groups -OCH3 is 1. The molecule has 2 fully saturated rings. The van der Waals surface area contributed by atoms with Crippen LogP contribution in [0.25, 0.3) is 0 Å². The maximum atomic E-state index is 12.3. The molecule has 21 heavy (non-hydrogen) atoms. The Hall–Kier alpha value is -0.650. The second kappa shape index (κ2) is 7.07. The van der Waals surface area contributed by atoms with Crippen molar-refractivity contribution in [3.8, 4) is 0 Å². The van der Waals surface area contributed by atoms with E-state index in [9.17, 15) is 4.79 Å². The van der Waals surface area contributed by atoms with Gasteiger partial charge < -0.3 is 19.9 Å². The number of nitrogens with one attached hydrogen (secondary N) is 1. The van der Waals surface area contributed by atoms with Gasteiger partial charge in [-0.1, -0.05) is 0 Å². The highest BCUT2D eigenvalue weighted by Gasteiger charge is 2.51. The molecule has 1 atom stereocenters. The summed E-state index contributed by atoms with van der Waals surface area (Å²) in [6, 6.07) is 0. The summed E-state index contributed by atoms with van der Waals surface area (Å²) >= 11 is 0. The molecular formula is C16H31N3O2. The van der Waals surface area contributed by atoms with Crippen LogP contribution in [0.4, 0.5) is 0 Å². The first kappa shape index (κ1) is 16.7. The summed E-state index contributed by atoms with van der Waals surface area (Å²) in [6.45, 7) is 4.14. The second-order valence-electron chi connectivity index (χ2n) is 6.97. The molecule has 0 amide bonds. The summed E-state index contributed by atoms with van der Waals surface area (Å²) in [5, 5.41) is 3.29. The van der Waals surface area contributed by atoms with Crippen molar-refractivity contribution in [2.75, 3.05) is 54.4 Å². The number of likely N-dealkylation sites (N-methyl/N-ethyl adjacent to an activating group) is 1. The predicted octanol–water partition coefficient (Wildman–Crippen LogP) is 0.801. The number of nitrogens with zero attached hydrogens (tertiary/aromatic N) is 2. The molecule has 1 heterocycles. The lowest BCUT2D eigenvalue weighted by atomic mass is 9.90. The zero-order chi connectivity index (χ0) is 15.5. The third-order valence-corrected chi connectivity index (χ3v) is 5.07. The molecular weight excluding hydrogens is 266 g/mol. The van der Waals surface area contributed by atoms with E-state index in [0.29, 0.717) is 5.92 Å². The zero-order valence-electron chi connectivity index (χ0n) is 14.0. The Morgan fingerprint density at radius 3 is 2.33 bits per heavy atom. The van der Waals surface area contributed by atoms with Gasteiger partial charge in [0, 0.05) is 13.1 Å². The van der Waals surface area contributed by atoms with Crippen molar-refractivity contribution >= 4 is 5.97 Å². The first-order valence-electron chi connectivity index (χ1n) is 8.16. The van der Waals surface area contributed by atoms with E-state index in [0.717, 1.165) is 38.4 Å². The predicted molar refractivity (Wildman–Crippen MR) is 84.2 cm³/mol. The van der Waals surface area contributed by atoms with Gasteiger partial charge in [-0.15, -0.1) is 0 Å². The Morgan fingerprint density at radius 1 is 1.29 bits per heavy atom. The van der Waals surface area contributed by atoms with Crippen LogP contribution in [0.5, 0.6) is 0 Å². The highest BCUT2D eigenvalue weighted by Crippen LogP contribution is 2.41. The van der Waals surface area contributed by atoms with Crippen molar-refractivity contribution in [2.45, 2.75) is 31.2 Å². The van der Waals surface area contributed by atoms with Gasteiger partial charge in [0.25, 0.3) is 0 Å². The quantitative estimate of drug-likeness (QED) is 0.704. The molecule has 1 aliphatic heterocycles. The monoisotopic (exact) mass is 297 g/mol. The van der Waals surface area contributed by atoms with Crippen LogP contribution in [0.15, 0.2) is 0 Å². The van der Waals surface area contributed by atoms with Crippen LogP contribution in [-0.4, -0.2) is 75.7 Å². The Labute approximate surface area is 129 Å². The number of hydrogen-bond acceptors (Lipinski definition) is 5. The van der Waals surface area contributed by atoms with E-state index in [1.54, 1.807) is 0 Å². The highest BCUT2D eigenvalue weighted by molar-refractivity contribution is 5.82. The van der Waals surface area contributed by atoms with Gasteiger partial charge in [0.15, 0.2) is 0 Å². The normalized spacial score (nSPS) is 24.0. The number of esters is 1. The standard InChI is InChI=1S/C16H31N3O2/c1-17-16(14-5-6-14,15(20)21-4)12-19-9-7-13(8-10-19)11-18(2)3/h13-14,17H,5-12H2,1-4H3. The van der Waals surface area contributed by atoms with Gasteiger partial charge >= 0.3 is 5.97 Å². The Balaban J connectivity index is 1.92. The minimum atomic E-state index is -0.497. The van der Waals surface area contributed by atoms with Gasteiger partial charge in [0.05, 0.1) is 7.11 Å². The third kappa shape index (κ3) is 3.96. The Morgan fingerprint density at radius 2 is 1.90 bits per heavy atom. The minimum Gasteiger partial charge on any atom is -0.468 e. The van der Waals surface area contributed by atoms with Gasteiger partial charge in [0.2, 0.25) is 0 Å². The molecule has 0 aromatic heterocycles. The Bertz CT molecular complexity index is 349. The van der Waals surface area contributed by atoms with Crippen LogP contribution in [-0.2, 0) is 9.53 Å². The summed E-state index contributed by atoms with van der Waals surface area (Å²) in [6.07, 6.45) is 4.72. The molecule has 0 radical (unpaired) electrons. The van der Waals surface area contributed by atoms with Crippen LogP contribution in [0.2, 0.25) is 0 Å². The molecule has 0 spiro atoms. The number of rotatable bonds is 7. The van der Waals surface area contributed by atoms with E-state index in [1.807, 2.05) is 7.05 Å². The van der Waals surface area contributed by atoms with Gasteiger partial charge in [-0.05, 0) is 71.8 Å². The molecule has 1 unspecified atom stereocenters. The summed E-state index contributed by atoms with van der Waals surface area (Å²) in [5.41, 5.74) is -0.497. The summed E-state index contributed by atoms with van der Waals surface area (Å²) in [7, 11) is 7.68. The average molecular weight is 297 g/mol. The van der Waals surface area contributed by atoms with Gasteiger partial charge in [0.1, 0.15) is 5.54 Å². The van der Waals surface area contributed by atoms with E-state index >= 15 is 0 Å². The molecule has 5 nitrogen and oxygen atoms in total. The number of piperidine rings is 1. The molecule has 1 N–H and O–H groups in total. The summed E-state index contributed by atoms with van der Waals surface area (Å²) < 4.78 is 5.09. The molecule has 0 bridgehead atoms. The Kier molecular flexibility index (Phi) is 5.63. The fraction of sp³-hybridized carbons (Fsp3) is 0.938. The fourth-order valence-electron chi connectivity index (χ4n) is 3.70. The SMILES string of the molecule is CNC(CN1CCC(CN(C)C)CC1)(C(=O)OC)C1CC1. The molecule has 2 aliphatic rings. The molecule has 1 saturated heterocycles. The molecule has 1 aliphatic carbocycles. The second-order valence-corrected chi connectivity index (χ2v) is 6.97. The van der Waals surface area contributed by atoms with E-state index in [4.69, 9.17) is 4.74 Å². The lowest BCUT2D eigenvalue weighted by Crippen LogP contribution is -2.60. The zero-order valence-corrected chi connectivity index (χ0v) is 14.0. The van der Waals surface area contributed by atoms with Crippen molar-refractivity contribution in [3.05, 3.63) is 0 Å². The van der Waals surface area contributed by atoms with Crippen LogP contribution in [0.1, 0.15) is 25.7 Å². The number of likely N-dealkylation sites (tertiary alicyclic amines) is 1. The first-order valence-corrected chi connectivity index (χ1v) is 8.16. The molecule has 0 aromatic rings. The van der Waals surface area contributed by atoms with E-state index in [-0.39, 0.29) is 5.97 Å². The molecule has 122 valence electrons.